The lowest BCUT2D eigenvalue weighted by Crippen LogP contribution is -2.18. The summed E-state index contributed by atoms with van der Waals surface area (Å²) in [6.07, 6.45) is -8.16. The number of halogens is 6. The Labute approximate surface area is 109 Å². The topological polar surface area (TPSA) is 39.2 Å². The normalized spacial score (nSPS) is 11.8. The van der Waals surface area contributed by atoms with Crippen molar-refractivity contribution in [1.82, 2.24) is 4.98 Å². The fourth-order valence-electron chi connectivity index (χ4n) is 1.23. The minimum Gasteiger partial charge on any atom is -0.461 e. The van der Waals surface area contributed by atoms with E-state index in [9.17, 15) is 26.7 Å². The predicted octanol–water partition coefficient (Wildman–Crippen LogP) is 3.87. The molecule has 106 valence electrons. The number of ether oxygens (including phenoxy) is 1. The van der Waals surface area contributed by atoms with Gasteiger partial charge in [-0.25, -0.2) is 18.6 Å². The van der Waals surface area contributed by atoms with E-state index in [4.69, 9.17) is 11.6 Å². The largest absolute Gasteiger partial charge is 0.461 e. The molecule has 19 heavy (non-hydrogen) atoms. The van der Waals surface area contributed by atoms with Crippen molar-refractivity contribution in [2.75, 3.05) is 6.61 Å². The van der Waals surface area contributed by atoms with Crippen LogP contribution in [0, 0.1) is 0 Å². The Morgan fingerprint density at radius 3 is 2.47 bits per heavy atom. The fraction of sp³-hybridized carbons (Fsp3) is 0.400. The summed E-state index contributed by atoms with van der Waals surface area (Å²) < 4.78 is 67.4. The van der Waals surface area contributed by atoms with Crippen molar-refractivity contribution in [3.05, 3.63) is 28.0 Å². The quantitative estimate of drug-likeness (QED) is 0.628. The van der Waals surface area contributed by atoms with E-state index in [0.717, 1.165) is 0 Å². The molecule has 1 aromatic heterocycles. The Bertz CT molecular complexity index is 490. The highest BCUT2D eigenvalue weighted by atomic mass is 35.5. The second-order valence-corrected chi connectivity index (χ2v) is 3.68. The van der Waals surface area contributed by atoms with Gasteiger partial charge in [0.05, 0.1) is 17.2 Å². The molecule has 0 radical (unpaired) electrons. The van der Waals surface area contributed by atoms with Crippen molar-refractivity contribution in [2.24, 2.45) is 0 Å². The summed E-state index contributed by atoms with van der Waals surface area (Å²) in [6, 6.07) is 0.238. The molecular formula is C10H7ClF5NO2. The molecule has 3 nitrogen and oxygen atoms in total. The molecule has 0 saturated heterocycles. The van der Waals surface area contributed by atoms with Crippen LogP contribution in [0.3, 0.4) is 0 Å². The number of alkyl halides is 5. The minimum absolute atomic E-state index is 0.218. The van der Waals surface area contributed by atoms with Gasteiger partial charge in [0.25, 0.3) is 6.43 Å². The molecule has 1 heterocycles. The first-order valence-corrected chi connectivity index (χ1v) is 5.29. The molecule has 0 aliphatic carbocycles. The first-order valence-electron chi connectivity index (χ1n) is 4.91. The highest BCUT2D eigenvalue weighted by Crippen LogP contribution is 2.36. The van der Waals surface area contributed by atoms with Crippen molar-refractivity contribution in [1.29, 1.82) is 0 Å². The van der Waals surface area contributed by atoms with Crippen LogP contribution < -0.4 is 0 Å². The molecule has 0 fully saturated rings. The molecule has 0 saturated carbocycles. The number of hydrogen-bond donors (Lipinski definition) is 0. The molecule has 0 spiro atoms. The molecule has 0 aliphatic rings. The zero-order valence-electron chi connectivity index (χ0n) is 9.39. The molecule has 9 heteroatoms. The second kappa shape index (κ2) is 5.68. The lowest BCUT2D eigenvalue weighted by atomic mass is 10.1. The van der Waals surface area contributed by atoms with Gasteiger partial charge in [0.2, 0.25) is 0 Å². The van der Waals surface area contributed by atoms with Gasteiger partial charge in [-0.15, -0.1) is 0 Å². The molecule has 0 bridgehead atoms. The van der Waals surface area contributed by atoms with Crippen LogP contribution in [0.2, 0.25) is 5.02 Å². The summed E-state index contributed by atoms with van der Waals surface area (Å²) >= 11 is 5.29. The van der Waals surface area contributed by atoms with Gasteiger partial charge in [-0.3, -0.25) is 0 Å². The molecule has 1 aromatic rings. The highest BCUT2D eigenvalue weighted by Gasteiger charge is 2.38. The van der Waals surface area contributed by atoms with Gasteiger partial charge >= 0.3 is 12.1 Å². The Kier molecular flexibility index (Phi) is 4.67. The summed E-state index contributed by atoms with van der Waals surface area (Å²) in [5, 5.41) is -0.865. The molecule has 1 rings (SSSR count). The summed E-state index contributed by atoms with van der Waals surface area (Å²) in [5.74, 6) is -1.44. The molecule has 0 atom stereocenters. The average molecular weight is 304 g/mol. The number of carbonyl (C=O) groups is 1. The fourth-order valence-corrected chi connectivity index (χ4v) is 1.46. The second-order valence-electron chi connectivity index (χ2n) is 3.27. The van der Waals surface area contributed by atoms with E-state index < -0.39 is 40.5 Å². The van der Waals surface area contributed by atoms with Crippen LogP contribution >= 0.6 is 11.6 Å². The zero-order chi connectivity index (χ0) is 14.8. The minimum atomic E-state index is -4.96. The van der Waals surface area contributed by atoms with Crippen LogP contribution in [0.25, 0.3) is 0 Å². The zero-order valence-corrected chi connectivity index (χ0v) is 10.1. The van der Waals surface area contributed by atoms with E-state index in [1.165, 1.54) is 6.92 Å². The van der Waals surface area contributed by atoms with E-state index >= 15 is 0 Å². The third kappa shape index (κ3) is 3.52. The summed E-state index contributed by atoms with van der Waals surface area (Å²) in [7, 11) is 0. The van der Waals surface area contributed by atoms with Crippen LogP contribution in [0.5, 0.6) is 0 Å². The van der Waals surface area contributed by atoms with Gasteiger partial charge in [-0.2, -0.15) is 13.2 Å². The summed E-state index contributed by atoms with van der Waals surface area (Å²) in [4.78, 5) is 14.3. The van der Waals surface area contributed by atoms with Gasteiger partial charge in [0.1, 0.15) is 5.69 Å². The van der Waals surface area contributed by atoms with Crippen molar-refractivity contribution in [3.63, 3.8) is 0 Å². The van der Waals surface area contributed by atoms with Crippen molar-refractivity contribution in [2.45, 2.75) is 19.5 Å². The van der Waals surface area contributed by atoms with Crippen molar-refractivity contribution in [3.8, 4) is 0 Å². The van der Waals surface area contributed by atoms with Crippen molar-refractivity contribution < 1.29 is 31.5 Å². The Morgan fingerprint density at radius 2 is 2.05 bits per heavy atom. The standard InChI is InChI=1S/C10H7ClF5NO2/c1-2-19-9(18)6-4(10(14,15)16)3-5(11)7(17-6)8(12)13/h3,8H,2H2,1H3. The molecule has 0 amide bonds. The monoisotopic (exact) mass is 303 g/mol. The van der Waals surface area contributed by atoms with E-state index in [0.29, 0.717) is 0 Å². The molecule has 0 aromatic carbocycles. The molecule has 0 unspecified atom stereocenters. The number of aromatic nitrogens is 1. The lowest BCUT2D eigenvalue weighted by molar-refractivity contribution is -0.138. The number of hydrogen-bond acceptors (Lipinski definition) is 3. The Morgan fingerprint density at radius 1 is 1.47 bits per heavy atom. The van der Waals surface area contributed by atoms with E-state index in [-0.39, 0.29) is 12.7 Å². The van der Waals surface area contributed by atoms with Crippen LogP contribution in [0.1, 0.15) is 35.1 Å². The van der Waals surface area contributed by atoms with Crippen LogP contribution in [-0.2, 0) is 10.9 Å². The van der Waals surface area contributed by atoms with E-state index in [1.54, 1.807) is 0 Å². The van der Waals surface area contributed by atoms with Crippen LogP contribution in [0.4, 0.5) is 22.0 Å². The maximum atomic E-state index is 12.7. The number of pyridine rings is 1. The highest BCUT2D eigenvalue weighted by molar-refractivity contribution is 6.31. The average Bonchev–Trinajstić information content (AvgIpc) is 2.27. The predicted molar refractivity (Wildman–Crippen MR) is 55.2 cm³/mol. The number of esters is 1. The van der Waals surface area contributed by atoms with Gasteiger partial charge in [-0.05, 0) is 13.0 Å². The van der Waals surface area contributed by atoms with Gasteiger partial charge in [0.15, 0.2) is 5.69 Å². The number of carbonyl (C=O) groups excluding carboxylic acids is 1. The molecule has 0 aliphatic heterocycles. The van der Waals surface area contributed by atoms with Crippen molar-refractivity contribution >= 4 is 17.6 Å². The summed E-state index contributed by atoms with van der Waals surface area (Å²) in [5.41, 5.74) is -3.84. The lowest BCUT2D eigenvalue weighted by Gasteiger charge is -2.13. The third-order valence-corrected chi connectivity index (χ3v) is 2.29. The summed E-state index contributed by atoms with van der Waals surface area (Å²) in [6.45, 7) is 1.14. The molecule has 0 N–H and O–H groups in total. The van der Waals surface area contributed by atoms with E-state index in [2.05, 4.69) is 9.72 Å². The van der Waals surface area contributed by atoms with Crippen LogP contribution in [0.15, 0.2) is 6.07 Å². The maximum absolute atomic E-state index is 12.7. The Balaban J connectivity index is 3.46. The van der Waals surface area contributed by atoms with Gasteiger partial charge in [0, 0.05) is 0 Å². The first-order chi connectivity index (χ1) is 8.68. The van der Waals surface area contributed by atoms with Crippen LogP contribution in [-0.4, -0.2) is 17.6 Å². The SMILES string of the molecule is CCOC(=O)c1nc(C(F)F)c(Cl)cc1C(F)(F)F. The number of rotatable bonds is 3. The van der Waals surface area contributed by atoms with Gasteiger partial charge in [-0.1, -0.05) is 11.6 Å². The van der Waals surface area contributed by atoms with E-state index in [1.807, 2.05) is 0 Å². The van der Waals surface area contributed by atoms with Gasteiger partial charge < -0.3 is 4.74 Å². The first kappa shape index (κ1) is 15.6. The molecular weight excluding hydrogens is 297 g/mol. The number of nitrogens with zero attached hydrogens (tertiary/aromatic N) is 1. The third-order valence-electron chi connectivity index (χ3n) is 1.98. The Hall–Kier alpha value is -1.44. The smallest absolute Gasteiger partial charge is 0.418 e. The maximum Gasteiger partial charge on any atom is 0.418 e.